The normalized spacial score (nSPS) is 19.5. The molecule has 3 aromatic rings. The summed E-state index contributed by atoms with van der Waals surface area (Å²) in [5.74, 6) is -2.73. The predicted octanol–water partition coefficient (Wildman–Crippen LogP) is 4.18. The highest BCUT2D eigenvalue weighted by molar-refractivity contribution is 8.18. The Balaban J connectivity index is 1.32. The summed E-state index contributed by atoms with van der Waals surface area (Å²) in [6.45, 7) is 0.807. The van der Waals surface area contributed by atoms with Gasteiger partial charge in [0.25, 0.3) is 11.1 Å². The van der Waals surface area contributed by atoms with Crippen molar-refractivity contribution in [2.45, 2.75) is 43.9 Å². The zero-order chi connectivity index (χ0) is 31.4. The van der Waals surface area contributed by atoms with Crippen LogP contribution in [0.25, 0.3) is 6.08 Å². The van der Waals surface area contributed by atoms with Gasteiger partial charge in [0.2, 0.25) is 5.91 Å². The lowest BCUT2D eigenvalue weighted by atomic mass is 9.84. The fourth-order valence-electron chi connectivity index (χ4n) is 5.88. The van der Waals surface area contributed by atoms with E-state index >= 15 is 0 Å². The summed E-state index contributed by atoms with van der Waals surface area (Å²) in [5.41, 5.74) is 4.34. The third-order valence-electron chi connectivity index (χ3n) is 7.99. The van der Waals surface area contributed by atoms with Crippen molar-refractivity contribution in [2.24, 2.45) is 11.7 Å². The molecule has 0 spiro atoms. The van der Waals surface area contributed by atoms with E-state index in [1.54, 1.807) is 30.3 Å². The highest BCUT2D eigenvalue weighted by Gasteiger charge is 2.44. The first kappa shape index (κ1) is 31.8. The zero-order valence-corrected chi connectivity index (χ0v) is 25.2. The molecular weight excluding hydrogens is 614 g/mol. The van der Waals surface area contributed by atoms with Crippen LogP contribution in [0.5, 0.6) is 0 Å². The number of likely N-dealkylation sites (tertiary alicyclic amines) is 1. The van der Waals surface area contributed by atoms with Crippen molar-refractivity contribution in [2.75, 3.05) is 19.6 Å². The number of thioether (sulfide) groups is 1. The number of carbonyl (C=O) groups excluding carboxylic acids is 3. The second-order valence-electron chi connectivity index (χ2n) is 11.0. The first-order valence-electron chi connectivity index (χ1n) is 14.1. The number of imide groups is 1. The summed E-state index contributed by atoms with van der Waals surface area (Å²) in [4.78, 5) is 45.7. The van der Waals surface area contributed by atoms with Crippen LogP contribution in [-0.2, 0) is 21.7 Å². The summed E-state index contributed by atoms with van der Waals surface area (Å²) >= 11 is 6.81. The average molecular weight is 645 g/mol. The Morgan fingerprint density at radius 1 is 1.16 bits per heavy atom. The molecule has 3 heterocycles. The van der Waals surface area contributed by atoms with Gasteiger partial charge in [-0.1, -0.05) is 29.8 Å². The van der Waals surface area contributed by atoms with Crippen LogP contribution in [0.4, 0.5) is 13.6 Å². The molecule has 2 aliphatic rings. The molecule has 0 aliphatic carbocycles. The number of nitrogens with zero attached hydrogens (tertiary/aromatic N) is 5. The van der Waals surface area contributed by atoms with Gasteiger partial charge >= 0.3 is 0 Å². The number of amides is 3. The molecule has 2 aromatic carbocycles. The minimum Gasteiger partial charge on any atom is -0.382 e. The Morgan fingerprint density at radius 3 is 2.52 bits per heavy atom. The molecule has 3 amide bonds. The number of hydrogen-bond acceptors (Lipinski definition) is 8. The molecule has 10 nitrogen and oxygen atoms in total. The molecule has 0 radical (unpaired) electrons. The van der Waals surface area contributed by atoms with Crippen molar-refractivity contribution in [3.05, 3.63) is 87.8 Å². The largest absolute Gasteiger partial charge is 0.382 e. The summed E-state index contributed by atoms with van der Waals surface area (Å²) in [6.07, 6.45) is 5.64. The van der Waals surface area contributed by atoms with Crippen LogP contribution in [0.15, 0.2) is 60.0 Å². The van der Waals surface area contributed by atoms with Gasteiger partial charge in [-0.3, -0.25) is 19.3 Å². The van der Waals surface area contributed by atoms with E-state index in [9.17, 15) is 28.3 Å². The summed E-state index contributed by atoms with van der Waals surface area (Å²) in [7, 11) is 0. The molecule has 3 N–H and O–H groups in total. The molecule has 5 rings (SSSR count). The standard InChI is InChI=1S/C30H31ClF2N6O4S/c31-21-3-1-19(2-4-21)13-26-28(41)39(29(42)44-26)25(7-8-27(34)40)20-9-11-37(12-10-20)15-30(43,16-38-18-35-17-36-38)23-6-5-22(32)14-24(23)33/h1-6,13-14,17-18,20,25,43H,7-12,15-16H2,(H2,34,40). The lowest BCUT2D eigenvalue weighted by Gasteiger charge is -2.41. The molecule has 2 saturated heterocycles. The van der Waals surface area contributed by atoms with Crippen LogP contribution in [0, 0.1) is 17.6 Å². The number of primary amides is 1. The quantitative estimate of drug-likeness (QED) is 0.297. The topological polar surface area (TPSA) is 135 Å². The molecule has 14 heteroatoms. The van der Waals surface area contributed by atoms with Gasteiger partial charge in [0.05, 0.1) is 11.4 Å². The molecule has 0 saturated carbocycles. The lowest BCUT2D eigenvalue weighted by molar-refractivity contribution is -0.126. The first-order valence-corrected chi connectivity index (χ1v) is 15.3. The predicted molar refractivity (Wildman–Crippen MR) is 161 cm³/mol. The third-order valence-corrected chi connectivity index (χ3v) is 9.13. The van der Waals surface area contributed by atoms with Gasteiger partial charge in [0.15, 0.2) is 0 Å². The van der Waals surface area contributed by atoms with Gasteiger partial charge in [-0.05, 0) is 79.9 Å². The number of hydrogen-bond donors (Lipinski definition) is 2. The summed E-state index contributed by atoms with van der Waals surface area (Å²) < 4.78 is 30.0. The van der Waals surface area contributed by atoms with Crippen molar-refractivity contribution < 1.29 is 28.3 Å². The minimum absolute atomic E-state index is 0.00431. The van der Waals surface area contributed by atoms with E-state index in [1.807, 2.05) is 4.90 Å². The second kappa shape index (κ2) is 13.6. The number of carbonyl (C=O) groups is 3. The van der Waals surface area contributed by atoms with Gasteiger partial charge in [-0.15, -0.1) is 0 Å². The van der Waals surface area contributed by atoms with Crippen LogP contribution >= 0.6 is 23.4 Å². The van der Waals surface area contributed by atoms with E-state index < -0.39 is 40.3 Å². The van der Waals surface area contributed by atoms with Crippen LogP contribution in [0.3, 0.4) is 0 Å². The monoisotopic (exact) mass is 644 g/mol. The molecule has 2 unspecified atom stereocenters. The van der Waals surface area contributed by atoms with Crippen molar-refractivity contribution in [3.63, 3.8) is 0 Å². The number of piperidine rings is 1. The fourth-order valence-corrected chi connectivity index (χ4v) is 6.89. The summed E-state index contributed by atoms with van der Waals surface area (Å²) in [5, 5.41) is 15.9. The van der Waals surface area contributed by atoms with Crippen molar-refractivity contribution in [3.8, 4) is 0 Å². The summed E-state index contributed by atoms with van der Waals surface area (Å²) in [6, 6.07) is 9.38. The Hall–Kier alpha value is -3.65. The maximum Gasteiger partial charge on any atom is 0.293 e. The lowest BCUT2D eigenvalue weighted by Crippen LogP contribution is -2.51. The highest BCUT2D eigenvalue weighted by Crippen LogP contribution is 2.39. The number of rotatable bonds is 11. The number of nitrogens with two attached hydrogens (primary N) is 1. The Bertz CT molecular complexity index is 1550. The Labute approximate surface area is 261 Å². The fraction of sp³-hybridized carbons (Fsp3) is 0.367. The maximum absolute atomic E-state index is 14.9. The van der Waals surface area contributed by atoms with E-state index in [0.717, 1.165) is 29.5 Å². The molecule has 44 heavy (non-hydrogen) atoms. The van der Waals surface area contributed by atoms with Crippen molar-refractivity contribution >= 4 is 46.5 Å². The number of β-amino-alcohol motifs (C(OH)–C–C–N with tert-alkyl or cyclic N) is 1. The maximum atomic E-state index is 14.9. The number of benzene rings is 2. The molecular formula is C30H31ClF2N6O4S. The molecule has 0 bridgehead atoms. The Kier molecular flexibility index (Phi) is 9.78. The van der Waals surface area contributed by atoms with Crippen LogP contribution < -0.4 is 5.73 Å². The number of aliphatic hydroxyl groups is 1. The first-order chi connectivity index (χ1) is 21.0. The van der Waals surface area contributed by atoms with Crippen LogP contribution in [0.1, 0.15) is 36.8 Å². The highest BCUT2D eigenvalue weighted by atomic mass is 35.5. The van der Waals surface area contributed by atoms with Crippen LogP contribution in [0.2, 0.25) is 5.02 Å². The van der Waals surface area contributed by atoms with Gasteiger partial charge in [0.1, 0.15) is 29.9 Å². The van der Waals surface area contributed by atoms with Crippen molar-refractivity contribution in [1.82, 2.24) is 24.6 Å². The van der Waals surface area contributed by atoms with E-state index in [1.165, 1.54) is 28.3 Å². The number of halogens is 3. The van der Waals surface area contributed by atoms with Crippen LogP contribution in [-0.4, -0.2) is 72.4 Å². The Morgan fingerprint density at radius 2 is 1.89 bits per heavy atom. The average Bonchev–Trinajstić information content (AvgIpc) is 3.58. The van der Waals surface area contributed by atoms with Gasteiger partial charge in [0, 0.05) is 35.7 Å². The van der Waals surface area contributed by atoms with Crippen molar-refractivity contribution in [1.29, 1.82) is 0 Å². The van der Waals surface area contributed by atoms with E-state index in [2.05, 4.69) is 10.1 Å². The van der Waals surface area contributed by atoms with E-state index in [0.29, 0.717) is 31.0 Å². The molecule has 1 aromatic heterocycles. The number of aromatic nitrogens is 3. The molecule has 2 aliphatic heterocycles. The van der Waals surface area contributed by atoms with Gasteiger partial charge < -0.3 is 15.7 Å². The van der Waals surface area contributed by atoms with Gasteiger partial charge in [-0.25, -0.2) is 18.4 Å². The smallest absolute Gasteiger partial charge is 0.293 e. The van der Waals surface area contributed by atoms with E-state index in [-0.39, 0.29) is 42.3 Å². The van der Waals surface area contributed by atoms with Gasteiger partial charge in [-0.2, -0.15) is 5.10 Å². The minimum atomic E-state index is -1.76. The molecule has 2 fully saturated rings. The second-order valence-corrected chi connectivity index (χ2v) is 12.5. The third kappa shape index (κ3) is 7.34. The molecule has 2 atom stereocenters. The zero-order valence-electron chi connectivity index (χ0n) is 23.6. The molecule has 232 valence electrons. The van der Waals surface area contributed by atoms with E-state index in [4.69, 9.17) is 17.3 Å². The SMILES string of the molecule is NC(=O)CCC(C1CCN(CC(O)(Cn2cncn2)c2ccc(F)cc2F)CC1)N1C(=O)SC(=Cc2ccc(Cl)cc2)C1=O.